The Bertz CT molecular complexity index is 784. The van der Waals surface area contributed by atoms with Gasteiger partial charge in [0.25, 0.3) is 11.6 Å². The van der Waals surface area contributed by atoms with Gasteiger partial charge < -0.3 is 9.84 Å². The Labute approximate surface area is 159 Å². The van der Waals surface area contributed by atoms with Gasteiger partial charge in [-0.1, -0.05) is 24.9 Å². The van der Waals surface area contributed by atoms with E-state index < -0.39 is 30.3 Å². The van der Waals surface area contributed by atoms with E-state index in [1.54, 1.807) is 26.0 Å². The van der Waals surface area contributed by atoms with E-state index in [1.807, 2.05) is 0 Å². The molecular weight excluding hydrogens is 385 g/mol. The number of halogens is 4. The lowest BCUT2D eigenvalue weighted by molar-refractivity contribution is -0.317. The zero-order chi connectivity index (χ0) is 20.0. The van der Waals surface area contributed by atoms with Crippen molar-refractivity contribution in [2.24, 2.45) is 16.9 Å². The molecule has 9 heteroatoms. The van der Waals surface area contributed by atoms with Crippen LogP contribution >= 0.6 is 11.6 Å². The molecule has 1 aromatic carbocycles. The number of amides is 1. The molecule has 0 aromatic heterocycles. The Morgan fingerprint density at radius 3 is 2.78 bits per heavy atom. The normalized spacial score (nSPS) is 28.0. The number of carbonyl (C=O) groups is 1. The maximum atomic E-state index is 13.7. The second-order valence-corrected chi connectivity index (χ2v) is 7.45. The fourth-order valence-electron chi connectivity index (χ4n) is 3.66. The van der Waals surface area contributed by atoms with Crippen LogP contribution in [0.1, 0.15) is 31.7 Å². The minimum atomic E-state index is -5.04. The van der Waals surface area contributed by atoms with Gasteiger partial charge in [-0.25, -0.2) is 0 Å². The van der Waals surface area contributed by atoms with Crippen molar-refractivity contribution in [3.8, 4) is 5.75 Å². The number of alkyl halides is 3. The van der Waals surface area contributed by atoms with Crippen molar-refractivity contribution in [1.29, 1.82) is 0 Å². The first-order valence-electron chi connectivity index (χ1n) is 8.65. The minimum Gasteiger partial charge on any atom is -0.484 e. The number of carbonyl (C=O) groups excluding carboxylic acids is 1. The van der Waals surface area contributed by atoms with Gasteiger partial charge in [-0.3, -0.25) is 4.79 Å². The molecule has 1 aromatic rings. The summed E-state index contributed by atoms with van der Waals surface area (Å²) in [4.78, 5) is 12.5. The minimum absolute atomic E-state index is 0.125. The number of ether oxygens (including phenoxy) is 1. The van der Waals surface area contributed by atoms with Crippen LogP contribution in [0.25, 0.3) is 0 Å². The molecule has 2 aliphatic rings. The summed E-state index contributed by atoms with van der Waals surface area (Å²) in [6, 6.07) is 4.65. The van der Waals surface area contributed by atoms with Gasteiger partial charge in [0.15, 0.2) is 6.61 Å². The van der Waals surface area contributed by atoms with Crippen LogP contribution in [0.2, 0.25) is 5.02 Å². The molecular formula is C18H20ClF3N2O3. The molecule has 1 heterocycles. The van der Waals surface area contributed by atoms with Crippen LogP contribution in [0.15, 0.2) is 23.3 Å². The van der Waals surface area contributed by atoms with Gasteiger partial charge in [-0.2, -0.15) is 23.3 Å². The van der Waals surface area contributed by atoms with Crippen LogP contribution in [0.3, 0.4) is 0 Å². The van der Waals surface area contributed by atoms with Crippen molar-refractivity contribution >= 4 is 23.2 Å². The first-order valence-corrected chi connectivity index (χ1v) is 9.03. The molecule has 1 N–H and O–H groups in total. The maximum Gasteiger partial charge on any atom is 0.439 e. The average molecular weight is 405 g/mol. The molecule has 0 saturated heterocycles. The second kappa shape index (κ2) is 6.98. The summed E-state index contributed by atoms with van der Waals surface area (Å²) >= 11 is 5.91. The van der Waals surface area contributed by atoms with E-state index >= 15 is 0 Å². The van der Waals surface area contributed by atoms with E-state index in [0.29, 0.717) is 29.2 Å². The van der Waals surface area contributed by atoms with Crippen molar-refractivity contribution in [2.45, 2.75) is 45.0 Å². The summed E-state index contributed by atoms with van der Waals surface area (Å²) in [5.74, 6) is -2.24. The zero-order valence-corrected chi connectivity index (χ0v) is 15.6. The van der Waals surface area contributed by atoms with Gasteiger partial charge in [-0.05, 0) is 49.4 Å². The van der Waals surface area contributed by atoms with Gasteiger partial charge in [0.05, 0.1) is 5.92 Å². The first kappa shape index (κ1) is 19.9. The summed E-state index contributed by atoms with van der Waals surface area (Å²) in [6.45, 7) is 2.80. The van der Waals surface area contributed by atoms with Crippen molar-refractivity contribution in [3.05, 3.63) is 28.8 Å². The molecule has 0 radical (unpaired) electrons. The van der Waals surface area contributed by atoms with Gasteiger partial charge >= 0.3 is 6.18 Å². The van der Waals surface area contributed by atoms with Gasteiger partial charge in [0, 0.05) is 10.7 Å². The summed E-state index contributed by atoms with van der Waals surface area (Å²) in [5, 5.41) is 15.1. The SMILES string of the molecule is Cc1cc(OCC(=O)N2N=C3[C@H](C)CCC[C@@H]3[C@]2(O)C(F)(F)F)ccc1Cl. The number of hydrogen-bond acceptors (Lipinski definition) is 4. The second-order valence-electron chi connectivity index (χ2n) is 7.04. The molecule has 1 saturated carbocycles. The Kier molecular flexibility index (Phi) is 5.16. The predicted octanol–water partition coefficient (Wildman–Crippen LogP) is 3.91. The Morgan fingerprint density at radius 1 is 1.44 bits per heavy atom. The number of hydrazone groups is 1. The highest BCUT2D eigenvalue weighted by molar-refractivity contribution is 6.31. The lowest BCUT2D eigenvalue weighted by Crippen LogP contribution is -2.62. The van der Waals surface area contributed by atoms with E-state index in [0.717, 1.165) is 0 Å². The van der Waals surface area contributed by atoms with Crippen LogP contribution in [-0.4, -0.2) is 40.2 Å². The molecule has 0 unspecified atom stereocenters. The largest absolute Gasteiger partial charge is 0.484 e. The molecule has 5 nitrogen and oxygen atoms in total. The molecule has 1 aliphatic heterocycles. The van der Waals surface area contributed by atoms with E-state index in [2.05, 4.69) is 5.10 Å². The third-order valence-electron chi connectivity index (χ3n) is 5.16. The summed E-state index contributed by atoms with van der Waals surface area (Å²) in [6.07, 6.45) is -3.70. The number of fused-ring (bicyclic) bond motifs is 1. The molecule has 148 valence electrons. The van der Waals surface area contributed by atoms with Crippen molar-refractivity contribution in [2.75, 3.05) is 6.61 Å². The van der Waals surface area contributed by atoms with E-state index in [-0.39, 0.29) is 23.1 Å². The zero-order valence-electron chi connectivity index (χ0n) is 14.9. The lowest BCUT2D eigenvalue weighted by Gasteiger charge is -2.38. The Balaban J connectivity index is 1.83. The fourth-order valence-corrected chi connectivity index (χ4v) is 3.78. The molecule has 0 bridgehead atoms. The Hall–Kier alpha value is -1.80. The first-order chi connectivity index (χ1) is 12.6. The number of aryl methyl sites for hydroxylation is 1. The lowest BCUT2D eigenvalue weighted by atomic mass is 9.75. The highest BCUT2D eigenvalue weighted by Crippen LogP contribution is 2.49. The van der Waals surface area contributed by atoms with Crippen molar-refractivity contribution in [1.82, 2.24) is 5.01 Å². The molecule has 3 rings (SSSR count). The third-order valence-corrected chi connectivity index (χ3v) is 5.59. The predicted molar refractivity (Wildman–Crippen MR) is 93.5 cm³/mol. The number of hydrogen-bond donors (Lipinski definition) is 1. The number of benzene rings is 1. The van der Waals surface area contributed by atoms with E-state index in [9.17, 15) is 23.1 Å². The third kappa shape index (κ3) is 3.40. The van der Waals surface area contributed by atoms with Crippen LogP contribution in [0.5, 0.6) is 5.75 Å². The average Bonchev–Trinajstić information content (AvgIpc) is 2.91. The van der Waals surface area contributed by atoms with Crippen molar-refractivity contribution in [3.63, 3.8) is 0 Å². The highest BCUT2D eigenvalue weighted by Gasteiger charge is 2.69. The van der Waals surface area contributed by atoms with Gasteiger partial charge in [0.2, 0.25) is 0 Å². The summed E-state index contributed by atoms with van der Waals surface area (Å²) in [7, 11) is 0. The number of aliphatic hydroxyl groups is 1. The Morgan fingerprint density at radius 2 is 2.15 bits per heavy atom. The van der Waals surface area contributed by atoms with Crippen LogP contribution < -0.4 is 4.74 Å². The molecule has 1 aliphatic carbocycles. The quantitative estimate of drug-likeness (QED) is 0.830. The molecule has 0 spiro atoms. The van der Waals surface area contributed by atoms with Crippen LogP contribution in [0, 0.1) is 18.8 Å². The molecule has 3 atom stereocenters. The molecule has 1 fully saturated rings. The monoisotopic (exact) mass is 404 g/mol. The molecule has 1 amide bonds. The van der Waals surface area contributed by atoms with E-state index in [4.69, 9.17) is 16.3 Å². The number of rotatable bonds is 3. The van der Waals surface area contributed by atoms with Gasteiger partial charge in [-0.15, -0.1) is 0 Å². The van der Waals surface area contributed by atoms with Crippen molar-refractivity contribution < 1.29 is 27.8 Å². The summed E-state index contributed by atoms with van der Waals surface area (Å²) < 4.78 is 46.5. The topological polar surface area (TPSA) is 62.1 Å². The van der Waals surface area contributed by atoms with E-state index in [1.165, 1.54) is 6.07 Å². The molecule has 27 heavy (non-hydrogen) atoms. The number of nitrogens with zero attached hydrogens (tertiary/aromatic N) is 2. The van der Waals surface area contributed by atoms with Gasteiger partial charge in [0.1, 0.15) is 5.75 Å². The summed E-state index contributed by atoms with van der Waals surface area (Å²) in [5.41, 5.74) is -2.42. The maximum absolute atomic E-state index is 13.7. The standard InChI is InChI=1S/C18H20ClF3N2O3/c1-10-4-3-5-13-16(10)23-24(17(13,26)18(20,21)22)15(25)9-27-12-6-7-14(19)11(2)8-12/h6-8,10,13,26H,3-5,9H2,1-2H3/t10-,13+,17+/m1/s1. The smallest absolute Gasteiger partial charge is 0.439 e. The van der Waals surface area contributed by atoms with Crippen LogP contribution in [-0.2, 0) is 4.79 Å². The fraction of sp³-hybridized carbons (Fsp3) is 0.556. The van der Waals surface area contributed by atoms with Crippen LogP contribution in [0.4, 0.5) is 13.2 Å². The highest BCUT2D eigenvalue weighted by atomic mass is 35.5.